The van der Waals surface area contributed by atoms with E-state index in [4.69, 9.17) is 0 Å². The quantitative estimate of drug-likeness (QED) is 0.210. The van der Waals surface area contributed by atoms with Gasteiger partial charge in [0.1, 0.15) is 0 Å². The van der Waals surface area contributed by atoms with Crippen LogP contribution < -0.4 is 4.90 Å². The molecule has 0 aliphatic heterocycles. The fourth-order valence-corrected chi connectivity index (χ4v) is 6.18. The third kappa shape index (κ3) is 4.65. The predicted molar refractivity (Wildman–Crippen MR) is 180 cm³/mol. The molecule has 0 saturated carbocycles. The van der Waals surface area contributed by atoms with Crippen molar-refractivity contribution < 1.29 is 0 Å². The predicted octanol–water partition coefficient (Wildman–Crippen LogP) is 11.4. The minimum absolute atomic E-state index is 0.0206. The molecule has 0 atom stereocenters. The van der Waals surface area contributed by atoms with Crippen LogP contribution in [0, 0.1) is 0 Å². The lowest BCUT2D eigenvalue weighted by molar-refractivity contribution is 0.423. The fraction of sp³-hybridized carbons (Fsp3) is 0.100. The molecular weight excluding hydrogens is 508 g/mol. The molecule has 1 aromatic heterocycles. The molecule has 0 fully saturated rings. The number of para-hydroxylation sites is 2. The van der Waals surface area contributed by atoms with Crippen LogP contribution in [0.2, 0.25) is 0 Å². The van der Waals surface area contributed by atoms with Gasteiger partial charge in [0.05, 0.1) is 0 Å². The average Bonchev–Trinajstić information content (AvgIpc) is 3.37. The Kier molecular flexibility index (Phi) is 6.40. The van der Waals surface area contributed by atoms with Crippen molar-refractivity contribution in [2.75, 3.05) is 4.90 Å². The van der Waals surface area contributed by atoms with Gasteiger partial charge in [-0.3, -0.25) is 0 Å². The van der Waals surface area contributed by atoms with Gasteiger partial charge in [0.15, 0.2) is 0 Å². The molecule has 0 spiro atoms. The van der Waals surface area contributed by atoms with Crippen LogP contribution in [-0.4, -0.2) is 4.57 Å². The van der Waals surface area contributed by atoms with E-state index >= 15 is 0 Å². The van der Waals surface area contributed by atoms with E-state index in [1.807, 2.05) is 0 Å². The van der Waals surface area contributed by atoms with Gasteiger partial charge in [0.2, 0.25) is 0 Å². The van der Waals surface area contributed by atoms with Crippen LogP contribution >= 0.6 is 0 Å². The Bertz CT molecular complexity index is 2010. The SMILES string of the molecule is CC(C)(C)n1c2ccccc2c2cc(-c3cccc(N(c4ccccc4)c4cccc(-c5ccccc5)c4)c3)ccc21. The third-order valence-electron chi connectivity index (χ3n) is 8.01. The standard InChI is InChI=1S/C40H34N2/c1-40(2,3)42-38-23-11-10-22-36(38)37-28-32(24-25-39(37)42)31-17-13-21-35(27-31)41(33-18-8-5-9-19-33)34-20-12-16-30(26-34)29-14-6-4-7-15-29/h4-28H,1-3H3. The normalized spacial score (nSPS) is 11.7. The molecule has 0 saturated heterocycles. The third-order valence-corrected chi connectivity index (χ3v) is 8.01. The molecule has 0 aliphatic rings. The molecule has 7 rings (SSSR count). The number of hydrogen-bond donors (Lipinski definition) is 0. The Balaban J connectivity index is 1.36. The van der Waals surface area contributed by atoms with Crippen LogP contribution in [0.3, 0.4) is 0 Å². The van der Waals surface area contributed by atoms with Crippen molar-refractivity contribution in [1.29, 1.82) is 0 Å². The summed E-state index contributed by atoms with van der Waals surface area (Å²) in [5, 5.41) is 2.59. The van der Waals surface area contributed by atoms with Crippen molar-refractivity contribution >= 4 is 38.9 Å². The molecule has 42 heavy (non-hydrogen) atoms. The van der Waals surface area contributed by atoms with Crippen molar-refractivity contribution in [3.8, 4) is 22.3 Å². The summed E-state index contributed by atoms with van der Waals surface area (Å²) < 4.78 is 2.47. The van der Waals surface area contributed by atoms with Gasteiger partial charge in [-0.1, -0.05) is 97.1 Å². The molecule has 6 aromatic carbocycles. The Morgan fingerprint density at radius 3 is 1.57 bits per heavy atom. The number of fused-ring (bicyclic) bond motifs is 3. The summed E-state index contributed by atoms with van der Waals surface area (Å²) in [5.74, 6) is 0. The summed E-state index contributed by atoms with van der Waals surface area (Å²) in [6.45, 7) is 6.84. The average molecular weight is 543 g/mol. The van der Waals surface area contributed by atoms with Crippen LogP contribution in [0.4, 0.5) is 17.1 Å². The molecular formula is C40H34N2. The summed E-state index contributed by atoms with van der Waals surface area (Å²) >= 11 is 0. The lowest BCUT2D eigenvalue weighted by Crippen LogP contribution is -2.21. The van der Waals surface area contributed by atoms with Crippen LogP contribution in [0.5, 0.6) is 0 Å². The van der Waals surface area contributed by atoms with E-state index in [-0.39, 0.29) is 5.54 Å². The lowest BCUT2D eigenvalue weighted by Gasteiger charge is -2.26. The largest absolute Gasteiger partial charge is 0.335 e. The van der Waals surface area contributed by atoms with Crippen molar-refractivity contribution in [1.82, 2.24) is 4.57 Å². The van der Waals surface area contributed by atoms with Gasteiger partial charge >= 0.3 is 0 Å². The first kappa shape index (κ1) is 25.9. The Hall–Kier alpha value is -5.08. The highest BCUT2D eigenvalue weighted by Crippen LogP contribution is 2.40. The molecule has 7 aromatic rings. The van der Waals surface area contributed by atoms with Gasteiger partial charge in [-0.25, -0.2) is 0 Å². The molecule has 0 amide bonds. The zero-order chi connectivity index (χ0) is 28.7. The van der Waals surface area contributed by atoms with Crippen LogP contribution in [0.15, 0.2) is 152 Å². The highest BCUT2D eigenvalue weighted by molar-refractivity contribution is 6.09. The molecule has 2 heteroatoms. The number of hydrogen-bond acceptors (Lipinski definition) is 1. The van der Waals surface area contributed by atoms with E-state index in [2.05, 4.69) is 182 Å². The Morgan fingerprint density at radius 1 is 0.405 bits per heavy atom. The van der Waals surface area contributed by atoms with Crippen molar-refractivity contribution in [3.63, 3.8) is 0 Å². The molecule has 0 N–H and O–H groups in total. The summed E-state index contributed by atoms with van der Waals surface area (Å²) in [6, 6.07) is 54.6. The van der Waals surface area contributed by atoms with Crippen molar-refractivity contribution in [3.05, 3.63) is 152 Å². The first-order chi connectivity index (χ1) is 20.5. The molecule has 0 aliphatic carbocycles. The van der Waals surface area contributed by atoms with E-state index in [1.165, 1.54) is 44.1 Å². The van der Waals surface area contributed by atoms with Crippen LogP contribution in [-0.2, 0) is 5.54 Å². The monoisotopic (exact) mass is 542 g/mol. The number of nitrogens with zero attached hydrogens (tertiary/aromatic N) is 2. The van der Waals surface area contributed by atoms with Crippen LogP contribution in [0.25, 0.3) is 44.1 Å². The van der Waals surface area contributed by atoms with E-state index in [1.54, 1.807) is 0 Å². The van der Waals surface area contributed by atoms with Crippen molar-refractivity contribution in [2.24, 2.45) is 0 Å². The Labute approximate surface area is 248 Å². The van der Waals surface area contributed by atoms with E-state index < -0.39 is 0 Å². The second-order valence-electron chi connectivity index (χ2n) is 11.9. The smallest absolute Gasteiger partial charge is 0.0496 e. The first-order valence-electron chi connectivity index (χ1n) is 14.6. The maximum atomic E-state index is 2.47. The number of anilines is 3. The van der Waals surface area contributed by atoms with E-state index in [0.717, 1.165) is 17.1 Å². The van der Waals surface area contributed by atoms with Crippen LogP contribution in [0.1, 0.15) is 20.8 Å². The second-order valence-corrected chi connectivity index (χ2v) is 11.9. The first-order valence-corrected chi connectivity index (χ1v) is 14.6. The second kappa shape index (κ2) is 10.4. The zero-order valence-electron chi connectivity index (χ0n) is 24.3. The zero-order valence-corrected chi connectivity index (χ0v) is 24.3. The summed E-state index contributed by atoms with van der Waals surface area (Å²) in [5.41, 5.74) is 10.7. The molecule has 204 valence electrons. The topological polar surface area (TPSA) is 8.17 Å². The Morgan fingerprint density at radius 2 is 0.905 bits per heavy atom. The molecule has 1 heterocycles. The maximum absolute atomic E-state index is 2.47. The minimum atomic E-state index is -0.0206. The van der Waals surface area contributed by atoms with Gasteiger partial charge in [0, 0.05) is 44.4 Å². The summed E-state index contributed by atoms with van der Waals surface area (Å²) in [4.78, 5) is 2.35. The van der Waals surface area contributed by atoms with Gasteiger partial charge < -0.3 is 9.47 Å². The highest BCUT2D eigenvalue weighted by Gasteiger charge is 2.21. The van der Waals surface area contributed by atoms with Gasteiger partial charge in [-0.05, 0) is 97.6 Å². The van der Waals surface area contributed by atoms with E-state index in [9.17, 15) is 0 Å². The van der Waals surface area contributed by atoms with Crippen molar-refractivity contribution in [2.45, 2.75) is 26.3 Å². The van der Waals surface area contributed by atoms with E-state index in [0.29, 0.717) is 0 Å². The molecule has 0 radical (unpaired) electrons. The number of benzene rings is 6. The fourth-order valence-electron chi connectivity index (χ4n) is 6.18. The number of aromatic nitrogens is 1. The molecule has 0 bridgehead atoms. The number of rotatable bonds is 5. The minimum Gasteiger partial charge on any atom is -0.335 e. The summed E-state index contributed by atoms with van der Waals surface area (Å²) in [7, 11) is 0. The van der Waals surface area contributed by atoms with Gasteiger partial charge in [-0.2, -0.15) is 0 Å². The molecule has 0 unspecified atom stereocenters. The molecule has 2 nitrogen and oxygen atoms in total. The summed E-state index contributed by atoms with van der Waals surface area (Å²) in [6.07, 6.45) is 0. The van der Waals surface area contributed by atoms with Gasteiger partial charge in [0.25, 0.3) is 0 Å². The highest BCUT2D eigenvalue weighted by atomic mass is 15.1. The lowest BCUT2D eigenvalue weighted by atomic mass is 10.0. The van der Waals surface area contributed by atoms with Gasteiger partial charge in [-0.15, -0.1) is 0 Å². The maximum Gasteiger partial charge on any atom is 0.0496 e.